The Morgan fingerprint density at radius 2 is 1.84 bits per heavy atom. The second kappa shape index (κ2) is 5.35. The number of carboxylic acids is 1. The summed E-state index contributed by atoms with van der Waals surface area (Å²) in [4.78, 5) is 22.7. The molecule has 0 aromatic carbocycles. The summed E-state index contributed by atoms with van der Waals surface area (Å²) in [6, 6.07) is 0. The van der Waals surface area contributed by atoms with Crippen LogP contribution >= 0.6 is 0 Å². The monoisotopic (exact) mass is 266 g/mol. The zero-order valence-electron chi connectivity index (χ0n) is 11.6. The first-order chi connectivity index (χ1) is 8.93. The van der Waals surface area contributed by atoms with Crippen LogP contribution in [0.5, 0.6) is 0 Å². The molecule has 2 atom stereocenters. The third-order valence-electron chi connectivity index (χ3n) is 4.45. The van der Waals surface area contributed by atoms with Gasteiger partial charge in [-0.2, -0.15) is 0 Å². The Morgan fingerprint density at radius 3 is 2.37 bits per heavy atom. The summed E-state index contributed by atoms with van der Waals surface area (Å²) in [5, 5.41) is 9.04. The molecule has 2 saturated carbocycles. The van der Waals surface area contributed by atoms with Gasteiger partial charge in [0.15, 0.2) is 0 Å². The quantitative estimate of drug-likeness (QED) is 0.627. The molecule has 0 spiro atoms. The maximum Gasteiger partial charge on any atom is 0.330 e. The molecule has 2 aliphatic rings. The van der Waals surface area contributed by atoms with Gasteiger partial charge in [-0.1, -0.05) is 26.3 Å². The van der Waals surface area contributed by atoms with E-state index in [2.05, 4.69) is 0 Å². The summed E-state index contributed by atoms with van der Waals surface area (Å²) in [5.74, 6) is -1.57. The van der Waals surface area contributed by atoms with Crippen molar-refractivity contribution in [3.05, 3.63) is 12.2 Å². The number of aliphatic carboxylic acids is 1. The molecule has 0 aliphatic heterocycles. The number of hydrogen-bond acceptors (Lipinski definition) is 3. The standard InChI is InChI=1S/C15H22O4/c1-15(2)11(13(15)14(17)18)8-9-12(16)19-10-6-4-3-5-7-10/h8-11,13H,3-7H2,1-2H3,(H,17,18)/b9-8-/t11-,13-/m0/s1. The van der Waals surface area contributed by atoms with E-state index in [4.69, 9.17) is 9.84 Å². The number of esters is 1. The number of ether oxygens (including phenoxy) is 1. The fourth-order valence-corrected chi connectivity index (χ4v) is 3.08. The first-order valence-electron chi connectivity index (χ1n) is 7.04. The van der Waals surface area contributed by atoms with Gasteiger partial charge in [0.05, 0.1) is 5.92 Å². The van der Waals surface area contributed by atoms with Crippen LogP contribution in [0.1, 0.15) is 46.0 Å². The molecule has 19 heavy (non-hydrogen) atoms. The number of rotatable bonds is 4. The van der Waals surface area contributed by atoms with E-state index in [1.807, 2.05) is 13.8 Å². The average Bonchev–Trinajstić information content (AvgIpc) is 2.90. The molecule has 1 N–H and O–H groups in total. The molecule has 0 aromatic rings. The molecule has 0 radical (unpaired) electrons. The van der Waals surface area contributed by atoms with E-state index in [0.29, 0.717) is 0 Å². The molecule has 2 rings (SSSR count). The lowest BCUT2D eigenvalue weighted by atomic mass is 9.98. The van der Waals surface area contributed by atoms with Crippen molar-refractivity contribution in [1.82, 2.24) is 0 Å². The summed E-state index contributed by atoms with van der Waals surface area (Å²) < 4.78 is 5.36. The third kappa shape index (κ3) is 3.17. The molecule has 2 fully saturated rings. The lowest BCUT2D eigenvalue weighted by molar-refractivity contribution is -0.144. The molecule has 0 aromatic heterocycles. The zero-order valence-corrected chi connectivity index (χ0v) is 11.6. The predicted molar refractivity (Wildman–Crippen MR) is 70.5 cm³/mol. The van der Waals surface area contributed by atoms with Crippen LogP contribution in [0.15, 0.2) is 12.2 Å². The van der Waals surface area contributed by atoms with Crippen LogP contribution in [0.3, 0.4) is 0 Å². The topological polar surface area (TPSA) is 63.6 Å². The highest BCUT2D eigenvalue weighted by Crippen LogP contribution is 2.59. The minimum Gasteiger partial charge on any atom is -0.481 e. The smallest absolute Gasteiger partial charge is 0.330 e. The van der Waals surface area contributed by atoms with Crippen molar-refractivity contribution in [3.63, 3.8) is 0 Å². The molecule has 2 aliphatic carbocycles. The van der Waals surface area contributed by atoms with Gasteiger partial charge in [0.2, 0.25) is 0 Å². The van der Waals surface area contributed by atoms with Crippen LogP contribution in [0.2, 0.25) is 0 Å². The Kier molecular flexibility index (Phi) is 3.97. The van der Waals surface area contributed by atoms with Gasteiger partial charge in [-0.15, -0.1) is 0 Å². The Hall–Kier alpha value is -1.32. The van der Waals surface area contributed by atoms with Gasteiger partial charge < -0.3 is 9.84 Å². The van der Waals surface area contributed by atoms with E-state index < -0.39 is 5.97 Å². The normalized spacial score (nSPS) is 30.2. The summed E-state index contributed by atoms with van der Waals surface area (Å²) in [6.45, 7) is 3.82. The van der Waals surface area contributed by atoms with Crippen LogP contribution in [0.4, 0.5) is 0 Å². The summed E-state index contributed by atoms with van der Waals surface area (Å²) in [6.07, 6.45) is 8.53. The Morgan fingerprint density at radius 1 is 1.21 bits per heavy atom. The maximum atomic E-state index is 11.7. The molecule has 0 bridgehead atoms. The van der Waals surface area contributed by atoms with E-state index in [9.17, 15) is 9.59 Å². The van der Waals surface area contributed by atoms with Gasteiger partial charge in [0, 0.05) is 6.08 Å². The average molecular weight is 266 g/mol. The second-order valence-corrected chi connectivity index (χ2v) is 6.22. The van der Waals surface area contributed by atoms with E-state index >= 15 is 0 Å². The van der Waals surface area contributed by atoms with Gasteiger partial charge in [-0.05, 0) is 37.0 Å². The van der Waals surface area contributed by atoms with E-state index in [1.54, 1.807) is 6.08 Å². The zero-order chi connectivity index (χ0) is 14.0. The van der Waals surface area contributed by atoms with Crippen LogP contribution < -0.4 is 0 Å². The minimum atomic E-state index is -0.791. The Labute approximate surface area is 113 Å². The molecule has 0 saturated heterocycles. The van der Waals surface area contributed by atoms with Crippen molar-refractivity contribution in [3.8, 4) is 0 Å². The summed E-state index contributed by atoms with van der Waals surface area (Å²) >= 11 is 0. The van der Waals surface area contributed by atoms with Crippen LogP contribution in [0.25, 0.3) is 0 Å². The van der Waals surface area contributed by atoms with E-state index in [1.165, 1.54) is 12.5 Å². The van der Waals surface area contributed by atoms with Crippen molar-refractivity contribution in [2.45, 2.75) is 52.1 Å². The largest absolute Gasteiger partial charge is 0.481 e. The third-order valence-corrected chi connectivity index (χ3v) is 4.45. The minimum absolute atomic E-state index is 0.0494. The molecule has 0 heterocycles. The lowest BCUT2D eigenvalue weighted by Gasteiger charge is -2.20. The SMILES string of the molecule is CC1(C)[C@H](C(=O)O)[C@@H]1/C=C\C(=O)OC1CCCCC1. The number of carbonyl (C=O) groups excluding carboxylic acids is 1. The molecule has 0 amide bonds. The van der Waals surface area contributed by atoms with Gasteiger partial charge >= 0.3 is 11.9 Å². The molecule has 106 valence electrons. The first-order valence-corrected chi connectivity index (χ1v) is 7.04. The number of hydrogen-bond donors (Lipinski definition) is 1. The number of carbonyl (C=O) groups is 2. The van der Waals surface area contributed by atoms with Crippen LogP contribution in [-0.2, 0) is 14.3 Å². The highest BCUT2D eigenvalue weighted by molar-refractivity contribution is 5.83. The Bertz CT molecular complexity index is 391. The lowest BCUT2D eigenvalue weighted by Crippen LogP contribution is -2.19. The van der Waals surface area contributed by atoms with Crippen molar-refractivity contribution < 1.29 is 19.4 Å². The van der Waals surface area contributed by atoms with Gasteiger partial charge in [-0.3, -0.25) is 4.79 Å². The second-order valence-electron chi connectivity index (χ2n) is 6.22. The number of allylic oxidation sites excluding steroid dienone is 1. The fraction of sp³-hybridized carbons (Fsp3) is 0.733. The maximum absolute atomic E-state index is 11.7. The van der Waals surface area contributed by atoms with Gasteiger partial charge in [-0.25, -0.2) is 4.79 Å². The number of carboxylic acid groups (broad SMARTS) is 1. The highest BCUT2D eigenvalue weighted by Gasteiger charge is 2.60. The van der Waals surface area contributed by atoms with Crippen LogP contribution in [-0.4, -0.2) is 23.1 Å². The van der Waals surface area contributed by atoms with E-state index in [-0.39, 0.29) is 29.3 Å². The van der Waals surface area contributed by atoms with Gasteiger partial charge in [0.25, 0.3) is 0 Å². The van der Waals surface area contributed by atoms with Gasteiger partial charge in [0.1, 0.15) is 6.10 Å². The molecule has 0 unspecified atom stereocenters. The Balaban J connectivity index is 1.82. The fourth-order valence-electron chi connectivity index (χ4n) is 3.08. The predicted octanol–water partition coefficient (Wildman–Crippen LogP) is 2.78. The molecular formula is C15H22O4. The molecule has 4 nitrogen and oxygen atoms in total. The molecule has 4 heteroatoms. The van der Waals surface area contributed by atoms with Crippen LogP contribution in [0, 0.1) is 17.3 Å². The first kappa shape index (κ1) is 14.1. The highest BCUT2D eigenvalue weighted by atomic mass is 16.5. The van der Waals surface area contributed by atoms with Crippen molar-refractivity contribution in [2.24, 2.45) is 17.3 Å². The van der Waals surface area contributed by atoms with Crippen molar-refractivity contribution in [1.29, 1.82) is 0 Å². The summed E-state index contributed by atoms with van der Waals surface area (Å²) in [7, 11) is 0. The molecular weight excluding hydrogens is 244 g/mol. The van der Waals surface area contributed by atoms with Crippen molar-refractivity contribution >= 4 is 11.9 Å². The summed E-state index contributed by atoms with van der Waals surface area (Å²) in [5.41, 5.74) is -0.256. The van der Waals surface area contributed by atoms with Crippen molar-refractivity contribution in [2.75, 3.05) is 0 Å². The van der Waals surface area contributed by atoms with E-state index in [0.717, 1.165) is 25.7 Å².